The molecule has 3 heterocycles. The third kappa shape index (κ3) is 7.34. The fraction of sp³-hybridized carbons (Fsp3) is 0.552. The molecule has 0 saturated carbocycles. The van der Waals surface area contributed by atoms with E-state index in [1.807, 2.05) is 0 Å². The van der Waals surface area contributed by atoms with Crippen LogP contribution in [-0.4, -0.2) is 72.5 Å². The predicted molar refractivity (Wildman–Crippen MR) is 148 cm³/mol. The lowest BCUT2D eigenvalue weighted by Crippen LogP contribution is -2.42. The number of benzene rings is 2. The van der Waals surface area contributed by atoms with Crippen LogP contribution in [0.15, 0.2) is 42.5 Å². The molecular weight excluding hydrogens is 580 g/mol. The highest BCUT2D eigenvalue weighted by Gasteiger charge is 2.41. The van der Waals surface area contributed by atoms with Crippen molar-refractivity contribution in [1.29, 1.82) is 0 Å². The van der Waals surface area contributed by atoms with Crippen LogP contribution in [0.4, 0.5) is 43.4 Å². The summed E-state index contributed by atoms with van der Waals surface area (Å²) in [5, 5.41) is 14.0. The molecule has 234 valence electrons. The predicted octanol–water partition coefficient (Wildman–Crippen LogP) is 5.88. The second-order valence-corrected chi connectivity index (χ2v) is 11.6. The van der Waals surface area contributed by atoms with Gasteiger partial charge in [-0.05, 0) is 74.0 Å². The van der Waals surface area contributed by atoms with Gasteiger partial charge in [0.25, 0.3) is 5.69 Å². The summed E-state index contributed by atoms with van der Waals surface area (Å²) in [7, 11) is 0. The zero-order chi connectivity index (χ0) is 30.9. The van der Waals surface area contributed by atoms with Gasteiger partial charge in [-0.2, -0.15) is 26.3 Å². The topological polar surface area (TPSA) is 82.0 Å². The minimum Gasteiger partial charge on any atom is -0.382 e. The van der Waals surface area contributed by atoms with Crippen molar-refractivity contribution in [3.05, 3.63) is 63.7 Å². The van der Waals surface area contributed by atoms with Gasteiger partial charge < -0.3 is 20.0 Å². The Labute approximate surface area is 244 Å². The number of fused-ring (bicyclic) bond motifs is 1. The molecule has 1 amide bonds. The molecule has 2 aromatic carbocycles. The molecule has 1 N–H and O–H groups in total. The fourth-order valence-corrected chi connectivity index (χ4v) is 6.48. The van der Waals surface area contributed by atoms with Crippen molar-refractivity contribution in [2.75, 3.05) is 56.0 Å². The number of hydrogen-bond donors (Lipinski definition) is 1. The Morgan fingerprint density at radius 2 is 1.53 bits per heavy atom. The lowest BCUT2D eigenvalue weighted by Gasteiger charge is -2.33. The summed E-state index contributed by atoms with van der Waals surface area (Å²) in [6, 6.07) is 8.04. The summed E-state index contributed by atoms with van der Waals surface area (Å²) in [6.45, 7) is 5.13. The molecule has 14 heteroatoms. The van der Waals surface area contributed by atoms with Crippen LogP contribution in [0, 0.1) is 22.0 Å². The minimum atomic E-state index is -4.85. The van der Waals surface area contributed by atoms with Gasteiger partial charge in [0.1, 0.15) is 5.56 Å². The van der Waals surface area contributed by atoms with E-state index in [0.717, 1.165) is 62.7 Å². The molecule has 0 radical (unpaired) electrons. The second kappa shape index (κ2) is 12.2. The van der Waals surface area contributed by atoms with Gasteiger partial charge in [0, 0.05) is 69.2 Å². The number of alkyl halides is 6. The molecule has 0 bridgehead atoms. The molecule has 3 saturated heterocycles. The molecule has 0 aliphatic carbocycles. The van der Waals surface area contributed by atoms with E-state index in [9.17, 15) is 41.3 Å². The number of nitro benzene ring substituents is 1. The molecule has 8 nitrogen and oxygen atoms in total. The van der Waals surface area contributed by atoms with Crippen molar-refractivity contribution in [2.45, 2.75) is 44.1 Å². The SMILES string of the molecule is O=C(CCCN1CC2CN(c3ccc(C(F)(F)F)cc3)CC2C1)N1CCC(Nc2ccc([N+](=O)[O-])c(C(F)(F)F)c2)CC1. The number of nitro groups is 1. The number of hydrogen-bond acceptors (Lipinski definition) is 6. The van der Waals surface area contributed by atoms with Crippen molar-refractivity contribution in [3.63, 3.8) is 0 Å². The lowest BCUT2D eigenvalue weighted by molar-refractivity contribution is -0.388. The number of halogens is 6. The smallest absolute Gasteiger partial charge is 0.382 e. The summed E-state index contributed by atoms with van der Waals surface area (Å²) >= 11 is 0. The molecule has 2 atom stereocenters. The highest BCUT2D eigenvalue weighted by molar-refractivity contribution is 5.76. The summed E-state index contributed by atoms with van der Waals surface area (Å²) in [5.41, 5.74) is -1.98. The van der Waals surface area contributed by atoms with Crippen LogP contribution in [0.25, 0.3) is 0 Å². The summed E-state index contributed by atoms with van der Waals surface area (Å²) in [4.78, 5) is 29.0. The van der Waals surface area contributed by atoms with Crippen LogP contribution in [0.2, 0.25) is 0 Å². The second-order valence-electron chi connectivity index (χ2n) is 11.6. The van der Waals surface area contributed by atoms with Gasteiger partial charge in [-0.25, -0.2) is 0 Å². The van der Waals surface area contributed by atoms with E-state index in [4.69, 9.17) is 0 Å². The van der Waals surface area contributed by atoms with Crippen LogP contribution in [-0.2, 0) is 17.1 Å². The number of piperidine rings is 1. The normalized spacial score (nSPS) is 21.7. The molecule has 43 heavy (non-hydrogen) atoms. The maximum Gasteiger partial charge on any atom is 0.423 e. The quantitative estimate of drug-likeness (QED) is 0.228. The Kier molecular flexibility index (Phi) is 8.77. The Bertz CT molecular complexity index is 1300. The Hall–Kier alpha value is -3.55. The zero-order valence-electron chi connectivity index (χ0n) is 23.3. The number of amides is 1. The highest BCUT2D eigenvalue weighted by atomic mass is 19.4. The van der Waals surface area contributed by atoms with Crippen LogP contribution >= 0.6 is 0 Å². The molecule has 3 fully saturated rings. The first-order chi connectivity index (χ1) is 20.3. The fourth-order valence-electron chi connectivity index (χ4n) is 6.48. The lowest BCUT2D eigenvalue weighted by atomic mass is 10.0. The van der Waals surface area contributed by atoms with Crippen molar-refractivity contribution >= 4 is 23.0 Å². The number of carbonyl (C=O) groups is 1. The van der Waals surface area contributed by atoms with E-state index in [1.54, 1.807) is 4.90 Å². The van der Waals surface area contributed by atoms with E-state index in [1.165, 1.54) is 18.2 Å². The van der Waals surface area contributed by atoms with E-state index in [-0.39, 0.29) is 17.6 Å². The monoisotopic (exact) mass is 613 g/mol. The third-order valence-electron chi connectivity index (χ3n) is 8.70. The Morgan fingerprint density at radius 1 is 0.907 bits per heavy atom. The third-order valence-corrected chi connectivity index (χ3v) is 8.70. The summed E-state index contributed by atoms with van der Waals surface area (Å²) in [6.07, 6.45) is -6.98. The Balaban J connectivity index is 1.01. The number of anilines is 2. The largest absolute Gasteiger partial charge is 0.423 e. The molecule has 2 unspecified atom stereocenters. The minimum absolute atomic E-state index is 0.0426. The van der Waals surface area contributed by atoms with Crippen LogP contribution in [0.1, 0.15) is 36.8 Å². The number of nitrogens with one attached hydrogen (secondary N) is 1. The van der Waals surface area contributed by atoms with E-state index in [0.29, 0.717) is 50.6 Å². The van der Waals surface area contributed by atoms with Gasteiger partial charge in [-0.3, -0.25) is 14.9 Å². The van der Waals surface area contributed by atoms with Crippen LogP contribution in [0.5, 0.6) is 0 Å². The molecular formula is C29H33F6N5O3. The average Bonchev–Trinajstić information content (AvgIpc) is 3.51. The van der Waals surface area contributed by atoms with E-state index >= 15 is 0 Å². The van der Waals surface area contributed by atoms with Crippen molar-refractivity contribution in [3.8, 4) is 0 Å². The van der Waals surface area contributed by atoms with E-state index in [2.05, 4.69) is 15.1 Å². The summed E-state index contributed by atoms with van der Waals surface area (Å²) < 4.78 is 78.4. The maximum absolute atomic E-state index is 13.3. The first-order valence-corrected chi connectivity index (χ1v) is 14.3. The standard InChI is InChI=1S/C29H33F6N5O3/c30-28(31,32)21-3-6-24(7-4-21)39-17-19-15-37(16-20(19)18-39)11-1-2-27(41)38-12-9-22(10-13-38)36-23-5-8-26(40(42)43)25(14-23)29(33,34)35/h3-8,14,19-20,22,36H,1-2,9-13,15-18H2. The molecule has 3 aliphatic heterocycles. The number of nitrogens with zero attached hydrogens (tertiary/aromatic N) is 4. The molecule has 0 aromatic heterocycles. The maximum atomic E-state index is 13.3. The molecule has 2 aromatic rings. The number of rotatable bonds is 8. The zero-order valence-corrected chi connectivity index (χ0v) is 23.3. The van der Waals surface area contributed by atoms with Crippen molar-refractivity contribution < 1.29 is 36.1 Å². The van der Waals surface area contributed by atoms with Crippen LogP contribution < -0.4 is 10.2 Å². The first kappa shape index (κ1) is 30.9. The Morgan fingerprint density at radius 3 is 2.09 bits per heavy atom. The highest BCUT2D eigenvalue weighted by Crippen LogP contribution is 2.38. The van der Waals surface area contributed by atoms with Crippen LogP contribution in [0.3, 0.4) is 0 Å². The molecule has 3 aliphatic rings. The average molecular weight is 614 g/mol. The van der Waals surface area contributed by atoms with Gasteiger partial charge in [-0.15, -0.1) is 0 Å². The van der Waals surface area contributed by atoms with Gasteiger partial charge in [0.05, 0.1) is 10.5 Å². The van der Waals surface area contributed by atoms with Gasteiger partial charge in [-0.1, -0.05) is 0 Å². The first-order valence-electron chi connectivity index (χ1n) is 14.3. The van der Waals surface area contributed by atoms with Gasteiger partial charge in [0.2, 0.25) is 5.91 Å². The molecule has 0 spiro atoms. The number of likely N-dealkylation sites (tertiary alicyclic amines) is 2. The van der Waals surface area contributed by atoms with E-state index < -0.39 is 34.1 Å². The summed E-state index contributed by atoms with van der Waals surface area (Å²) in [5.74, 6) is 0.918. The van der Waals surface area contributed by atoms with Gasteiger partial charge >= 0.3 is 12.4 Å². The van der Waals surface area contributed by atoms with Crippen molar-refractivity contribution in [2.24, 2.45) is 11.8 Å². The number of carbonyl (C=O) groups excluding carboxylic acids is 1. The molecule has 5 rings (SSSR count). The van der Waals surface area contributed by atoms with Crippen molar-refractivity contribution in [1.82, 2.24) is 9.80 Å². The van der Waals surface area contributed by atoms with Gasteiger partial charge in [0.15, 0.2) is 0 Å².